The zero-order chi connectivity index (χ0) is 8.04. The third kappa shape index (κ3) is 5.35. The summed E-state index contributed by atoms with van der Waals surface area (Å²) in [6.45, 7) is 7.36. The molecule has 0 fully saturated rings. The summed E-state index contributed by atoms with van der Waals surface area (Å²) in [6.07, 6.45) is 2.28. The van der Waals surface area contributed by atoms with Crippen LogP contribution in [0, 0.1) is 0 Å². The Labute approximate surface area is 73.7 Å². The second-order valence-electron chi connectivity index (χ2n) is 3.32. The van der Waals surface area contributed by atoms with Crippen molar-refractivity contribution < 1.29 is 4.74 Å². The van der Waals surface area contributed by atoms with E-state index in [-0.39, 0.29) is 5.60 Å². The van der Waals surface area contributed by atoms with E-state index < -0.39 is 0 Å². The van der Waals surface area contributed by atoms with Crippen molar-refractivity contribution in [3.63, 3.8) is 0 Å². The third-order valence-electron chi connectivity index (χ3n) is 1.84. The van der Waals surface area contributed by atoms with Crippen molar-refractivity contribution in [1.29, 1.82) is 0 Å². The van der Waals surface area contributed by atoms with E-state index in [1.165, 1.54) is 11.5 Å². The zero-order valence-corrected chi connectivity index (χ0v) is 7.74. The average molecular weight is 136 g/mol. The molecule has 0 N–H and O–H groups in total. The molecule has 0 spiro atoms. The number of hydrogen-bond acceptors (Lipinski definition) is 1. The molecule has 0 saturated carbocycles. The van der Waals surface area contributed by atoms with Gasteiger partial charge in [0.25, 0.3) is 0 Å². The van der Waals surface area contributed by atoms with Crippen molar-refractivity contribution in [2.75, 3.05) is 6.61 Å². The Kier molecular flexibility index (Phi) is 5.53. The standard InChI is InChI=1S/C8H17O.Li/c1-5-7-9-8(3,4)6-2;/h1,5-7H2,2-4H3;. The molecule has 56 valence electrons. The summed E-state index contributed by atoms with van der Waals surface area (Å²) in [7, 11) is 0. The fraction of sp³-hybridized carbons (Fsp3) is 1.00. The minimum absolute atomic E-state index is 0.0924. The van der Waals surface area contributed by atoms with E-state index in [0.29, 0.717) is 0 Å². The molecule has 0 heterocycles. The van der Waals surface area contributed by atoms with Crippen molar-refractivity contribution in [2.45, 2.75) is 44.3 Å². The Bertz CT molecular complexity index is 81.3. The van der Waals surface area contributed by atoms with Crippen molar-refractivity contribution in [2.24, 2.45) is 0 Å². The molecular weight excluding hydrogens is 119 g/mol. The summed E-state index contributed by atoms with van der Waals surface area (Å²) >= 11 is 2.18. The molecule has 0 radical (unpaired) electrons. The molecule has 0 unspecified atom stereocenters. The molecule has 1 nitrogen and oxygen atoms in total. The van der Waals surface area contributed by atoms with Crippen LogP contribution in [0.2, 0.25) is 5.09 Å². The van der Waals surface area contributed by atoms with Gasteiger partial charge in [0.1, 0.15) is 0 Å². The second kappa shape index (κ2) is 5.24. The molecule has 0 saturated heterocycles. The number of rotatable bonds is 5. The van der Waals surface area contributed by atoms with E-state index in [9.17, 15) is 0 Å². The van der Waals surface area contributed by atoms with E-state index in [0.717, 1.165) is 13.0 Å². The van der Waals surface area contributed by atoms with Crippen LogP contribution in [0.3, 0.4) is 0 Å². The molecule has 2 heteroatoms. The SMILES string of the molecule is [Li][CH2]CCOC(C)(C)CC. The number of ether oxygens (including phenoxy) is 1. The van der Waals surface area contributed by atoms with Crippen LogP contribution in [0.1, 0.15) is 33.6 Å². The van der Waals surface area contributed by atoms with E-state index in [1.54, 1.807) is 0 Å². The molecule has 0 amide bonds. The van der Waals surface area contributed by atoms with Gasteiger partial charge in [0.2, 0.25) is 0 Å². The van der Waals surface area contributed by atoms with Crippen molar-refractivity contribution in [1.82, 2.24) is 0 Å². The molecule has 0 aromatic carbocycles. The summed E-state index contributed by atoms with van der Waals surface area (Å²) < 4.78 is 5.62. The minimum atomic E-state index is 0.0924. The summed E-state index contributed by atoms with van der Waals surface area (Å²) in [5.41, 5.74) is 0.0924. The van der Waals surface area contributed by atoms with E-state index in [2.05, 4.69) is 38.5 Å². The topological polar surface area (TPSA) is 9.23 Å². The first kappa shape index (κ1) is 10.6. The van der Waals surface area contributed by atoms with Gasteiger partial charge in [0.15, 0.2) is 0 Å². The molecule has 0 aliphatic heterocycles. The Morgan fingerprint density at radius 2 is 2.00 bits per heavy atom. The molecule has 10 heavy (non-hydrogen) atoms. The van der Waals surface area contributed by atoms with Gasteiger partial charge in [-0.1, -0.05) is 0 Å². The maximum absolute atomic E-state index is 5.62. The van der Waals surface area contributed by atoms with Crippen LogP contribution >= 0.6 is 0 Å². The molecule has 0 aliphatic carbocycles. The summed E-state index contributed by atoms with van der Waals surface area (Å²) in [6, 6.07) is 0. The van der Waals surface area contributed by atoms with Gasteiger partial charge in [0.05, 0.1) is 0 Å². The summed E-state index contributed by atoms with van der Waals surface area (Å²) in [5, 5.41) is 1.22. The first-order valence-corrected chi connectivity index (χ1v) is 4.26. The Balaban J connectivity index is 3.28. The molecule has 0 atom stereocenters. The first-order valence-electron chi connectivity index (χ1n) is 4.26. The van der Waals surface area contributed by atoms with Crippen molar-refractivity contribution in [3.05, 3.63) is 0 Å². The fourth-order valence-corrected chi connectivity index (χ4v) is 0.595. The third-order valence-corrected chi connectivity index (χ3v) is 1.84. The van der Waals surface area contributed by atoms with E-state index in [1.807, 2.05) is 0 Å². The predicted molar refractivity (Wildman–Crippen MR) is 45.5 cm³/mol. The van der Waals surface area contributed by atoms with Crippen LogP contribution < -0.4 is 0 Å². The van der Waals surface area contributed by atoms with Gasteiger partial charge in [0, 0.05) is 0 Å². The molecule has 0 rings (SSSR count). The van der Waals surface area contributed by atoms with Gasteiger partial charge >= 0.3 is 73.4 Å². The number of hydrogen-bond donors (Lipinski definition) is 0. The second-order valence-corrected chi connectivity index (χ2v) is 3.32. The average Bonchev–Trinajstić information content (AvgIpc) is 1.89. The van der Waals surface area contributed by atoms with Crippen LogP contribution in [0.15, 0.2) is 0 Å². The molecule has 0 aromatic rings. The normalized spacial score (nSPS) is 12.1. The van der Waals surface area contributed by atoms with Gasteiger partial charge in [-0.3, -0.25) is 0 Å². The van der Waals surface area contributed by atoms with Gasteiger partial charge in [-0.2, -0.15) is 0 Å². The van der Waals surface area contributed by atoms with Gasteiger partial charge in [-0.15, -0.1) is 0 Å². The zero-order valence-electron chi connectivity index (χ0n) is 7.74. The Hall–Kier alpha value is 0.557. The van der Waals surface area contributed by atoms with Crippen LogP contribution in [0.5, 0.6) is 0 Å². The van der Waals surface area contributed by atoms with E-state index >= 15 is 0 Å². The van der Waals surface area contributed by atoms with Crippen LogP contribution in [0.25, 0.3) is 0 Å². The van der Waals surface area contributed by atoms with Crippen LogP contribution in [-0.2, 0) is 4.74 Å². The van der Waals surface area contributed by atoms with Gasteiger partial charge in [-0.05, 0) is 0 Å². The van der Waals surface area contributed by atoms with Crippen molar-refractivity contribution >= 4 is 17.7 Å². The quantitative estimate of drug-likeness (QED) is 0.415. The summed E-state index contributed by atoms with van der Waals surface area (Å²) in [5.74, 6) is 0. The van der Waals surface area contributed by atoms with E-state index in [4.69, 9.17) is 4.74 Å². The molecule has 0 aromatic heterocycles. The van der Waals surface area contributed by atoms with Gasteiger partial charge in [-0.25, -0.2) is 0 Å². The summed E-state index contributed by atoms with van der Waals surface area (Å²) in [4.78, 5) is 0. The first-order chi connectivity index (χ1) is 4.62. The Morgan fingerprint density at radius 3 is 2.40 bits per heavy atom. The predicted octanol–water partition coefficient (Wildman–Crippen LogP) is 2.17. The molecule has 0 aliphatic rings. The van der Waals surface area contributed by atoms with Gasteiger partial charge < -0.3 is 0 Å². The maximum atomic E-state index is 5.62. The molecular formula is C8H17LiO. The molecule has 0 bridgehead atoms. The Morgan fingerprint density at radius 1 is 1.40 bits per heavy atom. The van der Waals surface area contributed by atoms with Crippen molar-refractivity contribution in [3.8, 4) is 0 Å². The fourth-order valence-electron chi connectivity index (χ4n) is 0.595. The monoisotopic (exact) mass is 136 g/mol. The van der Waals surface area contributed by atoms with Crippen LogP contribution in [-0.4, -0.2) is 29.9 Å². The van der Waals surface area contributed by atoms with Crippen LogP contribution in [0.4, 0.5) is 0 Å².